The smallest absolute Gasteiger partial charge is 0.246 e. The SMILES string of the molecule is COc1ccc(C)cc1/C=C/C(=O)N1CCN(c2ncccn2)CC1. The summed E-state index contributed by atoms with van der Waals surface area (Å²) in [6.45, 7) is 4.80. The minimum atomic E-state index is 0.0113. The third-order valence-corrected chi connectivity index (χ3v) is 4.22. The van der Waals surface area contributed by atoms with Crippen LogP contribution in [0.4, 0.5) is 5.95 Å². The Kier molecular flexibility index (Phi) is 5.28. The largest absolute Gasteiger partial charge is 0.496 e. The van der Waals surface area contributed by atoms with Gasteiger partial charge in [0.1, 0.15) is 5.75 Å². The number of carbonyl (C=O) groups excluding carboxylic acids is 1. The van der Waals surface area contributed by atoms with E-state index in [1.165, 1.54) is 0 Å². The molecule has 0 bridgehead atoms. The molecule has 0 unspecified atom stereocenters. The van der Waals surface area contributed by atoms with Crippen molar-refractivity contribution < 1.29 is 9.53 Å². The lowest BCUT2D eigenvalue weighted by Crippen LogP contribution is -2.48. The maximum absolute atomic E-state index is 12.4. The van der Waals surface area contributed by atoms with Gasteiger partial charge >= 0.3 is 0 Å². The quantitative estimate of drug-likeness (QED) is 0.800. The van der Waals surface area contributed by atoms with Crippen LogP contribution in [-0.4, -0.2) is 54.1 Å². The van der Waals surface area contributed by atoms with Gasteiger partial charge in [-0.3, -0.25) is 4.79 Å². The molecule has 1 saturated heterocycles. The van der Waals surface area contributed by atoms with Crippen LogP contribution >= 0.6 is 0 Å². The molecule has 0 aliphatic carbocycles. The number of ether oxygens (including phenoxy) is 1. The summed E-state index contributed by atoms with van der Waals surface area (Å²) in [4.78, 5) is 24.9. The number of aromatic nitrogens is 2. The Balaban J connectivity index is 1.61. The van der Waals surface area contributed by atoms with Crippen molar-refractivity contribution in [2.24, 2.45) is 0 Å². The van der Waals surface area contributed by atoms with E-state index in [9.17, 15) is 4.79 Å². The second-order valence-electron chi connectivity index (χ2n) is 5.94. The molecule has 1 amide bonds. The standard InChI is InChI=1S/C19H22N4O2/c1-15-4-6-17(25-2)16(14-15)5-7-18(24)22-10-12-23(13-11-22)19-20-8-3-9-21-19/h3-9,14H,10-13H2,1-2H3/b7-5+. The Morgan fingerprint density at radius 2 is 1.88 bits per heavy atom. The molecule has 2 heterocycles. The lowest BCUT2D eigenvalue weighted by molar-refractivity contribution is -0.126. The summed E-state index contributed by atoms with van der Waals surface area (Å²) < 4.78 is 5.34. The number of benzene rings is 1. The number of anilines is 1. The van der Waals surface area contributed by atoms with Gasteiger partial charge in [0, 0.05) is 50.2 Å². The summed E-state index contributed by atoms with van der Waals surface area (Å²) in [5.41, 5.74) is 2.04. The van der Waals surface area contributed by atoms with Crippen molar-refractivity contribution in [2.75, 3.05) is 38.2 Å². The summed E-state index contributed by atoms with van der Waals surface area (Å²) in [7, 11) is 1.63. The fourth-order valence-corrected chi connectivity index (χ4v) is 2.83. The van der Waals surface area contributed by atoms with Gasteiger partial charge in [0.25, 0.3) is 0 Å². The van der Waals surface area contributed by atoms with Crippen molar-refractivity contribution in [1.29, 1.82) is 0 Å². The van der Waals surface area contributed by atoms with Crippen LogP contribution in [0.2, 0.25) is 0 Å². The van der Waals surface area contributed by atoms with Crippen molar-refractivity contribution in [2.45, 2.75) is 6.92 Å². The zero-order valence-electron chi connectivity index (χ0n) is 14.6. The van der Waals surface area contributed by atoms with Crippen molar-refractivity contribution in [3.05, 3.63) is 53.9 Å². The van der Waals surface area contributed by atoms with E-state index in [-0.39, 0.29) is 5.91 Å². The van der Waals surface area contributed by atoms with Gasteiger partial charge in [-0.1, -0.05) is 11.6 Å². The van der Waals surface area contributed by atoms with E-state index in [0.29, 0.717) is 13.1 Å². The maximum atomic E-state index is 12.4. The number of hydrogen-bond acceptors (Lipinski definition) is 5. The van der Waals surface area contributed by atoms with Gasteiger partial charge in [-0.2, -0.15) is 0 Å². The first-order valence-corrected chi connectivity index (χ1v) is 8.31. The van der Waals surface area contributed by atoms with Gasteiger partial charge in [0.2, 0.25) is 11.9 Å². The molecule has 0 N–H and O–H groups in total. The van der Waals surface area contributed by atoms with Crippen LogP contribution in [0.3, 0.4) is 0 Å². The number of amides is 1. The van der Waals surface area contributed by atoms with Gasteiger partial charge in [0.15, 0.2) is 0 Å². The monoisotopic (exact) mass is 338 g/mol. The average molecular weight is 338 g/mol. The highest BCUT2D eigenvalue weighted by molar-refractivity contribution is 5.92. The van der Waals surface area contributed by atoms with Crippen molar-refractivity contribution in [3.63, 3.8) is 0 Å². The van der Waals surface area contributed by atoms with Gasteiger partial charge in [-0.25, -0.2) is 9.97 Å². The fourth-order valence-electron chi connectivity index (χ4n) is 2.83. The molecule has 1 aliphatic heterocycles. The Morgan fingerprint density at radius 1 is 1.16 bits per heavy atom. The summed E-state index contributed by atoms with van der Waals surface area (Å²) in [6.07, 6.45) is 6.91. The molecular formula is C19H22N4O2. The molecule has 1 aromatic heterocycles. The van der Waals surface area contributed by atoms with Crippen molar-refractivity contribution in [1.82, 2.24) is 14.9 Å². The summed E-state index contributed by atoms with van der Waals surface area (Å²) in [5, 5.41) is 0. The molecular weight excluding hydrogens is 316 g/mol. The molecule has 0 atom stereocenters. The molecule has 3 rings (SSSR count). The third-order valence-electron chi connectivity index (χ3n) is 4.22. The number of nitrogens with zero attached hydrogens (tertiary/aromatic N) is 4. The van der Waals surface area contributed by atoms with E-state index in [4.69, 9.17) is 4.74 Å². The van der Waals surface area contributed by atoms with Gasteiger partial charge in [0.05, 0.1) is 7.11 Å². The predicted molar refractivity (Wildman–Crippen MR) is 97.6 cm³/mol. The summed E-state index contributed by atoms with van der Waals surface area (Å²) >= 11 is 0. The number of piperazine rings is 1. The Morgan fingerprint density at radius 3 is 2.56 bits per heavy atom. The molecule has 1 aromatic carbocycles. The first kappa shape index (κ1) is 17.0. The van der Waals surface area contributed by atoms with E-state index in [1.54, 1.807) is 31.6 Å². The van der Waals surface area contributed by atoms with Crippen LogP contribution in [0.1, 0.15) is 11.1 Å². The molecule has 6 nitrogen and oxygen atoms in total. The summed E-state index contributed by atoms with van der Waals surface area (Å²) in [6, 6.07) is 7.71. The first-order valence-electron chi connectivity index (χ1n) is 8.31. The number of carbonyl (C=O) groups is 1. The van der Waals surface area contributed by atoms with E-state index < -0.39 is 0 Å². The minimum absolute atomic E-state index is 0.0113. The van der Waals surface area contributed by atoms with Crippen LogP contribution in [0.5, 0.6) is 5.75 Å². The lowest BCUT2D eigenvalue weighted by atomic mass is 10.1. The number of methoxy groups -OCH3 is 1. The first-order chi connectivity index (χ1) is 12.2. The van der Waals surface area contributed by atoms with E-state index in [2.05, 4.69) is 14.9 Å². The highest BCUT2D eigenvalue weighted by atomic mass is 16.5. The molecule has 0 spiro atoms. The second-order valence-corrected chi connectivity index (χ2v) is 5.94. The Bertz CT molecular complexity index is 753. The zero-order valence-corrected chi connectivity index (χ0v) is 14.6. The normalized spacial score (nSPS) is 14.8. The lowest BCUT2D eigenvalue weighted by Gasteiger charge is -2.34. The van der Waals surface area contributed by atoms with Crippen LogP contribution in [0.15, 0.2) is 42.7 Å². The highest BCUT2D eigenvalue weighted by Gasteiger charge is 2.21. The third kappa shape index (κ3) is 4.15. The van der Waals surface area contributed by atoms with E-state index >= 15 is 0 Å². The van der Waals surface area contributed by atoms with E-state index in [1.807, 2.05) is 36.1 Å². The predicted octanol–water partition coefficient (Wildman–Crippen LogP) is 2.16. The zero-order chi connectivity index (χ0) is 17.6. The van der Waals surface area contributed by atoms with Gasteiger partial charge in [-0.05, 0) is 31.2 Å². The molecule has 1 aliphatic rings. The molecule has 1 fully saturated rings. The number of aryl methyl sites for hydroxylation is 1. The Hall–Kier alpha value is -2.89. The van der Waals surface area contributed by atoms with Crippen LogP contribution in [-0.2, 0) is 4.79 Å². The van der Waals surface area contributed by atoms with Crippen LogP contribution in [0.25, 0.3) is 6.08 Å². The molecule has 25 heavy (non-hydrogen) atoms. The molecule has 130 valence electrons. The second kappa shape index (κ2) is 7.79. The fraction of sp³-hybridized carbons (Fsp3) is 0.316. The molecule has 2 aromatic rings. The average Bonchev–Trinajstić information content (AvgIpc) is 2.67. The topological polar surface area (TPSA) is 58.6 Å². The van der Waals surface area contributed by atoms with Crippen LogP contribution < -0.4 is 9.64 Å². The molecule has 0 saturated carbocycles. The minimum Gasteiger partial charge on any atom is -0.496 e. The van der Waals surface area contributed by atoms with Gasteiger partial charge in [-0.15, -0.1) is 0 Å². The van der Waals surface area contributed by atoms with Crippen LogP contribution in [0, 0.1) is 6.92 Å². The van der Waals surface area contributed by atoms with Crippen molar-refractivity contribution in [3.8, 4) is 5.75 Å². The molecule has 6 heteroatoms. The van der Waals surface area contributed by atoms with E-state index in [0.717, 1.165) is 35.9 Å². The number of hydrogen-bond donors (Lipinski definition) is 0. The summed E-state index contributed by atoms with van der Waals surface area (Å²) in [5.74, 6) is 1.49. The maximum Gasteiger partial charge on any atom is 0.246 e. The number of rotatable bonds is 4. The van der Waals surface area contributed by atoms with Crippen molar-refractivity contribution >= 4 is 17.9 Å². The Labute approximate surface area is 147 Å². The van der Waals surface area contributed by atoms with Gasteiger partial charge < -0.3 is 14.5 Å². The highest BCUT2D eigenvalue weighted by Crippen LogP contribution is 2.21. The molecule has 0 radical (unpaired) electrons.